The number of amides is 3. The van der Waals surface area contributed by atoms with Crippen LogP contribution in [0.1, 0.15) is 34.6 Å². The third-order valence-electron chi connectivity index (χ3n) is 3.79. The molecule has 21 heavy (non-hydrogen) atoms. The minimum absolute atomic E-state index is 0.0241. The fourth-order valence-electron chi connectivity index (χ4n) is 2.23. The summed E-state index contributed by atoms with van der Waals surface area (Å²) in [7, 11) is 0. The number of piperazine rings is 1. The average Bonchev–Trinajstić information content (AvgIpc) is 2.43. The second kappa shape index (κ2) is 6.91. The first-order valence-electron chi connectivity index (χ1n) is 7.49. The quantitative estimate of drug-likeness (QED) is 0.767. The van der Waals surface area contributed by atoms with Crippen LogP contribution in [0.15, 0.2) is 0 Å². The molecule has 1 aliphatic heterocycles. The zero-order valence-electron chi connectivity index (χ0n) is 13.7. The lowest BCUT2D eigenvalue weighted by Gasteiger charge is -2.37. The maximum absolute atomic E-state index is 12.5. The fraction of sp³-hybridized carbons (Fsp3) is 0.800. The van der Waals surface area contributed by atoms with Gasteiger partial charge >= 0.3 is 0 Å². The molecule has 6 heteroatoms. The van der Waals surface area contributed by atoms with Gasteiger partial charge in [0.05, 0.1) is 0 Å². The molecular formula is C15H27N3O3. The highest BCUT2D eigenvalue weighted by atomic mass is 16.2. The molecule has 0 saturated carbocycles. The van der Waals surface area contributed by atoms with Gasteiger partial charge in [-0.3, -0.25) is 14.4 Å². The van der Waals surface area contributed by atoms with Crippen LogP contribution in [0.2, 0.25) is 0 Å². The summed E-state index contributed by atoms with van der Waals surface area (Å²) in [6, 6.07) is 0. The molecule has 3 amide bonds. The van der Waals surface area contributed by atoms with Gasteiger partial charge in [-0.05, 0) is 19.8 Å². The predicted octanol–water partition coefficient (Wildman–Crippen LogP) is 0.476. The SMILES string of the molecule is CC(=O)N1CCN(C(=O)C(C)(C)C(=O)NCC(C)C)CC1. The molecule has 1 saturated heterocycles. The number of carbonyl (C=O) groups is 3. The third-order valence-corrected chi connectivity index (χ3v) is 3.79. The maximum atomic E-state index is 12.5. The molecular weight excluding hydrogens is 270 g/mol. The monoisotopic (exact) mass is 297 g/mol. The minimum Gasteiger partial charge on any atom is -0.355 e. The van der Waals surface area contributed by atoms with E-state index in [9.17, 15) is 14.4 Å². The Morgan fingerprint density at radius 1 is 1.05 bits per heavy atom. The lowest BCUT2D eigenvalue weighted by atomic mass is 9.89. The molecule has 1 heterocycles. The van der Waals surface area contributed by atoms with Crippen molar-refractivity contribution in [1.82, 2.24) is 15.1 Å². The summed E-state index contributed by atoms with van der Waals surface area (Å²) in [6.45, 7) is 11.5. The Kier molecular flexibility index (Phi) is 5.75. The highest BCUT2D eigenvalue weighted by Crippen LogP contribution is 2.20. The number of rotatable bonds is 4. The van der Waals surface area contributed by atoms with E-state index < -0.39 is 5.41 Å². The zero-order valence-corrected chi connectivity index (χ0v) is 13.7. The molecule has 0 bridgehead atoms. The van der Waals surface area contributed by atoms with Crippen LogP contribution in [0.3, 0.4) is 0 Å². The molecule has 0 aliphatic carbocycles. The van der Waals surface area contributed by atoms with Gasteiger partial charge in [0.25, 0.3) is 0 Å². The van der Waals surface area contributed by atoms with Gasteiger partial charge in [0.15, 0.2) is 0 Å². The van der Waals surface area contributed by atoms with E-state index >= 15 is 0 Å². The van der Waals surface area contributed by atoms with Gasteiger partial charge in [0, 0.05) is 39.6 Å². The van der Waals surface area contributed by atoms with E-state index in [0.717, 1.165) is 0 Å². The molecule has 1 aliphatic rings. The Morgan fingerprint density at radius 3 is 1.95 bits per heavy atom. The number of carbonyl (C=O) groups excluding carboxylic acids is 3. The van der Waals surface area contributed by atoms with E-state index in [0.29, 0.717) is 38.6 Å². The molecule has 1 N–H and O–H groups in total. The van der Waals surface area contributed by atoms with E-state index in [2.05, 4.69) is 5.32 Å². The Morgan fingerprint density at radius 2 is 1.52 bits per heavy atom. The maximum Gasteiger partial charge on any atom is 0.237 e. The lowest BCUT2D eigenvalue weighted by molar-refractivity contribution is -0.151. The van der Waals surface area contributed by atoms with Crippen molar-refractivity contribution in [2.24, 2.45) is 11.3 Å². The van der Waals surface area contributed by atoms with Crippen LogP contribution in [0.4, 0.5) is 0 Å². The van der Waals surface area contributed by atoms with Crippen LogP contribution in [0, 0.1) is 11.3 Å². The molecule has 0 unspecified atom stereocenters. The zero-order chi connectivity index (χ0) is 16.2. The van der Waals surface area contributed by atoms with Crippen LogP contribution in [-0.4, -0.2) is 60.2 Å². The van der Waals surface area contributed by atoms with Crippen LogP contribution >= 0.6 is 0 Å². The highest BCUT2D eigenvalue weighted by Gasteiger charge is 2.40. The normalized spacial score (nSPS) is 16.1. The lowest BCUT2D eigenvalue weighted by Crippen LogP contribution is -2.56. The Balaban J connectivity index is 2.61. The number of hydrogen-bond donors (Lipinski definition) is 1. The molecule has 6 nitrogen and oxygen atoms in total. The molecule has 0 aromatic heterocycles. The summed E-state index contributed by atoms with van der Waals surface area (Å²) in [5, 5.41) is 2.82. The molecule has 1 fully saturated rings. The van der Waals surface area contributed by atoms with Crippen molar-refractivity contribution in [2.75, 3.05) is 32.7 Å². The van der Waals surface area contributed by atoms with Gasteiger partial charge in [-0.2, -0.15) is 0 Å². The van der Waals surface area contributed by atoms with Crippen molar-refractivity contribution >= 4 is 17.7 Å². The first-order chi connectivity index (χ1) is 9.66. The summed E-state index contributed by atoms with van der Waals surface area (Å²) in [4.78, 5) is 39.4. The van der Waals surface area contributed by atoms with Crippen LogP contribution in [0.5, 0.6) is 0 Å². The number of nitrogens with zero attached hydrogens (tertiary/aromatic N) is 2. The Bertz CT molecular complexity index is 410. The van der Waals surface area contributed by atoms with Crippen molar-refractivity contribution < 1.29 is 14.4 Å². The summed E-state index contributed by atoms with van der Waals surface area (Å²) in [5.74, 6) is -0.0443. The van der Waals surface area contributed by atoms with Crippen molar-refractivity contribution in [3.8, 4) is 0 Å². The molecule has 0 aromatic rings. The molecule has 1 rings (SSSR count). The van der Waals surface area contributed by atoms with Gasteiger partial charge in [0.1, 0.15) is 5.41 Å². The summed E-state index contributed by atoms with van der Waals surface area (Å²) < 4.78 is 0. The van der Waals surface area contributed by atoms with E-state index in [1.807, 2.05) is 13.8 Å². The number of nitrogens with one attached hydrogen (secondary N) is 1. The van der Waals surface area contributed by atoms with Crippen molar-refractivity contribution in [2.45, 2.75) is 34.6 Å². The smallest absolute Gasteiger partial charge is 0.237 e. The van der Waals surface area contributed by atoms with Gasteiger partial charge in [-0.25, -0.2) is 0 Å². The second-order valence-electron chi connectivity index (χ2n) is 6.53. The topological polar surface area (TPSA) is 69.7 Å². The third kappa shape index (κ3) is 4.44. The molecule has 120 valence electrons. The van der Waals surface area contributed by atoms with Gasteiger partial charge in [-0.15, -0.1) is 0 Å². The first-order valence-corrected chi connectivity index (χ1v) is 7.49. The van der Waals surface area contributed by atoms with Crippen LogP contribution < -0.4 is 5.32 Å². The van der Waals surface area contributed by atoms with Crippen molar-refractivity contribution in [3.05, 3.63) is 0 Å². The summed E-state index contributed by atoms with van der Waals surface area (Å²) in [6.07, 6.45) is 0. The molecule has 0 radical (unpaired) electrons. The Hall–Kier alpha value is -1.59. The van der Waals surface area contributed by atoms with Crippen LogP contribution in [-0.2, 0) is 14.4 Å². The standard InChI is InChI=1S/C15H27N3O3/c1-11(2)10-16-13(20)15(4,5)14(21)18-8-6-17(7-9-18)12(3)19/h11H,6-10H2,1-5H3,(H,16,20). The second-order valence-corrected chi connectivity index (χ2v) is 6.53. The molecule has 0 spiro atoms. The van der Waals surface area contributed by atoms with Crippen LogP contribution in [0.25, 0.3) is 0 Å². The van der Waals surface area contributed by atoms with Crippen molar-refractivity contribution in [3.63, 3.8) is 0 Å². The number of hydrogen-bond acceptors (Lipinski definition) is 3. The Labute approximate surface area is 126 Å². The minimum atomic E-state index is -1.08. The van der Waals surface area contributed by atoms with Crippen molar-refractivity contribution in [1.29, 1.82) is 0 Å². The van der Waals surface area contributed by atoms with Gasteiger partial charge in [-0.1, -0.05) is 13.8 Å². The van der Waals surface area contributed by atoms with Gasteiger partial charge in [0.2, 0.25) is 17.7 Å². The molecule has 0 atom stereocenters. The first kappa shape index (κ1) is 17.5. The summed E-state index contributed by atoms with van der Waals surface area (Å²) in [5.41, 5.74) is -1.08. The largest absolute Gasteiger partial charge is 0.355 e. The summed E-state index contributed by atoms with van der Waals surface area (Å²) >= 11 is 0. The van der Waals surface area contributed by atoms with Gasteiger partial charge < -0.3 is 15.1 Å². The van der Waals surface area contributed by atoms with E-state index in [4.69, 9.17) is 0 Å². The molecule has 0 aromatic carbocycles. The average molecular weight is 297 g/mol. The fourth-order valence-corrected chi connectivity index (χ4v) is 2.23. The van der Waals surface area contributed by atoms with E-state index in [1.165, 1.54) is 6.92 Å². The predicted molar refractivity (Wildman–Crippen MR) is 80.5 cm³/mol. The van der Waals surface area contributed by atoms with E-state index in [1.54, 1.807) is 23.6 Å². The van der Waals surface area contributed by atoms with E-state index in [-0.39, 0.29) is 17.7 Å². The highest BCUT2D eigenvalue weighted by molar-refractivity contribution is 6.04.